The zero-order valence-corrected chi connectivity index (χ0v) is 16.2. The molecule has 0 unspecified atom stereocenters. The monoisotopic (exact) mass is 376 g/mol. The van der Waals surface area contributed by atoms with Crippen molar-refractivity contribution >= 4 is 11.7 Å². The van der Waals surface area contributed by atoms with Crippen LogP contribution in [0.3, 0.4) is 0 Å². The fraction of sp³-hybridized carbons (Fsp3) is 0.273. The van der Waals surface area contributed by atoms with E-state index in [1.165, 1.54) is 0 Å². The Hall–Kier alpha value is -3.28. The van der Waals surface area contributed by atoms with Crippen LogP contribution in [0.1, 0.15) is 28.0 Å². The van der Waals surface area contributed by atoms with Crippen molar-refractivity contribution in [1.29, 1.82) is 0 Å². The maximum atomic E-state index is 12.0. The topological polar surface area (TPSA) is 73.4 Å². The van der Waals surface area contributed by atoms with Gasteiger partial charge in [-0.3, -0.25) is 4.79 Å². The number of nitrogens with zero attached hydrogens (tertiary/aromatic N) is 3. The molecule has 3 aromatic rings. The van der Waals surface area contributed by atoms with Gasteiger partial charge in [0.25, 0.3) is 0 Å². The number of rotatable bonds is 5. The molecule has 0 saturated heterocycles. The van der Waals surface area contributed by atoms with E-state index in [1.807, 2.05) is 48.0 Å². The lowest BCUT2D eigenvalue weighted by Gasteiger charge is -2.31. The Bertz CT molecular complexity index is 1030. The maximum Gasteiger partial charge on any atom is 0.249 e. The summed E-state index contributed by atoms with van der Waals surface area (Å²) in [4.78, 5) is 14.3. The molecule has 1 aliphatic rings. The van der Waals surface area contributed by atoms with Crippen LogP contribution in [0.25, 0.3) is 11.1 Å². The molecule has 0 saturated carbocycles. The van der Waals surface area contributed by atoms with E-state index in [4.69, 9.17) is 15.6 Å². The van der Waals surface area contributed by atoms with Crippen molar-refractivity contribution in [2.24, 2.45) is 5.73 Å². The molecule has 0 aliphatic carbocycles. The molecular formula is C22H24N4O2. The van der Waals surface area contributed by atoms with Crippen LogP contribution in [-0.2, 0) is 13.1 Å². The van der Waals surface area contributed by atoms with Crippen molar-refractivity contribution in [2.75, 3.05) is 18.6 Å². The van der Waals surface area contributed by atoms with Crippen molar-refractivity contribution in [1.82, 2.24) is 9.78 Å². The van der Waals surface area contributed by atoms with Gasteiger partial charge in [0, 0.05) is 36.3 Å². The van der Waals surface area contributed by atoms with Crippen LogP contribution in [0.5, 0.6) is 5.75 Å². The van der Waals surface area contributed by atoms with Gasteiger partial charge in [0.05, 0.1) is 12.8 Å². The Kier molecular flexibility index (Phi) is 4.77. The van der Waals surface area contributed by atoms with E-state index in [0.29, 0.717) is 12.1 Å². The van der Waals surface area contributed by atoms with Gasteiger partial charge in [-0.25, -0.2) is 4.68 Å². The van der Waals surface area contributed by atoms with Gasteiger partial charge in [-0.1, -0.05) is 36.4 Å². The molecule has 144 valence electrons. The number of hydrogen-bond acceptors (Lipinski definition) is 4. The van der Waals surface area contributed by atoms with Crippen LogP contribution in [0.15, 0.2) is 48.5 Å². The first-order valence-corrected chi connectivity index (χ1v) is 9.43. The van der Waals surface area contributed by atoms with Crippen LogP contribution >= 0.6 is 0 Å². The molecule has 2 N–H and O–H groups in total. The van der Waals surface area contributed by atoms with Gasteiger partial charge in [0.1, 0.15) is 11.6 Å². The van der Waals surface area contributed by atoms with Gasteiger partial charge in [-0.2, -0.15) is 5.10 Å². The van der Waals surface area contributed by atoms with Gasteiger partial charge >= 0.3 is 0 Å². The highest BCUT2D eigenvalue weighted by Crippen LogP contribution is 2.39. The summed E-state index contributed by atoms with van der Waals surface area (Å²) >= 11 is 0. The third-order valence-corrected chi connectivity index (χ3v) is 5.21. The first-order valence-electron chi connectivity index (χ1n) is 9.43. The number of fused-ring (bicyclic) bond motifs is 1. The number of primary amides is 1. The van der Waals surface area contributed by atoms with Gasteiger partial charge in [0.15, 0.2) is 0 Å². The number of para-hydroxylation sites is 1. The minimum absolute atomic E-state index is 0.429. The number of aromatic nitrogens is 2. The molecule has 2 aromatic carbocycles. The molecule has 0 radical (unpaired) electrons. The first kappa shape index (κ1) is 18.1. The van der Waals surface area contributed by atoms with Crippen LogP contribution in [-0.4, -0.2) is 29.3 Å². The SMILES string of the molecule is COc1ccccc1CN1CCCn2nc(C)c(-c3ccccc3C(N)=O)c21. The number of ether oxygens (including phenoxy) is 1. The average Bonchev–Trinajstić information content (AvgIpc) is 3.05. The summed E-state index contributed by atoms with van der Waals surface area (Å²) in [5.74, 6) is 1.47. The number of aryl methyl sites for hydroxylation is 2. The predicted molar refractivity (Wildman–Crippen MR) is 110 cm³/mol. The molecule has 1 aromatic heterocycles. The lowest BCUT2D eigenvalue weighted by atomic mass is 9.98. The van der Waals surface area contributed by atoms with E-state index in [0.717, 1.165) is 53.5 Å². The lowest BCUT2D eigenvalue weighted by molar-refractivity contribution is 0.100. The number of methoxy groups -OCH3 is 1. The molecule has 0 fully saturated rings. The maximum absolute atomic E-state index is 12.0. The number of anilines is 1. The Labute approximate surface area is 164 Å². The number of carbonyl (C=O) groups is 1. The van der Waals surface area contributed by atoms with Gasteiger partial charge < -0.3 is 15.4 Å². The zero-order chi connectivity index (χ0) is 19.7. The van der Waals surface area contributed by atoms with Gasteiger partial charge in [-0.05, 0) is 31.0 Å². The highest BCUT2D eigenvalue weighted by Gasteiger charge is 2.27. The Morgan fingerprint density at radius 1 is 1.14 bits per heavy atom. The largest absolute Gasteiger partial charge is 0.496 e. The highest BCUT2D eigenvalue weighted by atomic mass is 16.5. The second-order valence-electron chi connectivity index (χ2n) is 7.00. The molecule has 6 nitrogen and oxygen atoms in total. The van der Waals surface area contributed by atoms with E-state index >= 15 is 0 Å². The summed E-state index contributed by atoms with van der Waals surface area (Å²) in [5.41, 5.74) is 9.99. The standard InChI is InChI=1S/C22H24N4O2/c1-15-20(17-9-4-5-10-18(17)21(23)27)22-25(12-7-13-26(22)24-15)14-16-8-3-6-11-19(16)28-2/h3-6,8-11H,7,12-14H2,1-2H3,(H2,23,27). The molecule has 1 amide bonds. The van der Waals surface area contributed by atoms with E-state index in [-0.39, 0.29) is 0 Å². The molecule has 0 spiro atoms. The Balaban J connectivity index is 1.83. The van der Waals surface area contributed by atoms with Crippen LogP contribution in [0, 0.1) is 6.92 Å². The van der Waals surface area contributed by atoms with E-state index < -0.39 is 5.91 Å². The number of benzene rings is 2. The number of nitrogens with two attached hydrogens (primary N) is 1. The second kappa shape index (κ2) is 7.38. The molecule has 4 rings (SSSR count). The van der Waals surface area contributed by atoms with Crippen LogP contribution in [0.4, 0.5) is 5.82 Å². The van der Waals surface area contributed by atoms with Gasteiger partial charge in [0.2, 0.25) is 5.91 Å². The first-order chi connectivity index (χ1) is 13.6. The average molecular weight is 376 g/mol. The molecule has 1 aliphatic heterocycles. The van der Waals surface area contributed by atoms with Crippen LogP contribution < -0.4 is 15.4 Å². The summed E-state index contributed by atoms with van der Waals surface area (Å²) in [6.07, 6.45) is 1.01. The molecule has 6 heteroatoms. The van der Waals surface area contributed by atoms with E-state index in [2.05, 4.69) is 11.0 Å². The van der Waals surface area contributed by atoms with E-state index in [1.54, 1.807) is 13.2 Å². The normalized spacial score (nSPS) is 13.3. The van der Waals surface area contributed by atoms with E-state index in [9.17, 15) is 4.79 Å². The zero-order valence-electron chi connectivity index (χ0n) is 16.2. The van der Waals surface area contributed by atoms with Crippen LogP contribution in [0.2, 0.25) is 0 Å². The molecule has 0 atom stereocenters. The summed E-state index contributed by atoms with van der Waals surface area (Å²) < 4.78 is 7.58. The minimum atomic E-state index is -0.429. The van der Waals surface area contributed by atoms with Crippen molar-refractivity contribution < 1.29 is 9.53 Å². The van der Waals surface area contributed by atoms with Crippen molar-refractivity contribution in [3.8, 4) is 16.9 Å². The molecule has 0 bridgehead atoms. The Morgan fingerprint density at radius 3 is 2.68 bits per heavy atom. The second-order valence-corrected chi connectivity index (χ2v) is 7.00. The summed E-state index contributed by atoms with van der Waals surface area (Å²) in [5, 5.41) is 4.75. The summed E-state index contributed by atoms with van der Waals surface area (Å²) in [7, 11) is 1.69. The lowest BCUT2D eigenvalue weighted by Crippen LogP contribution is -2.32. The number of hydrogen-bond donors (Lipinski definition) is 1. The van der Waals surface area contributed by atoms with Gasteiger partial charge in [-0.15, -0.1) is 0 Å². The minimum Gasteiger partial charge on any atom is -0.496 e. The Morgan fingerprint density at radius 2 is 1.89 bits per heavy atom. The molecule has 2 heterocycles. The molecular weight excluding hydrogens is 352 g/mol. The number of amides is 1. The fourth-order valence-electron chi connectivity index (χ4n) is 3.99. The predicted octanol–water partition coefficient (Wildman–Crippen LogP) is 3.38. The number of carbonyl (C=O) groups excluding carboxylic acids is 1. The summed E-state index contributed by atoms with van der Waals surface area (Å²) in [6.45, 7) is 4.47. The third-order valence-electron chi connectivity index (χ3n) is 5.21. The van der Waals surface area contributed by atoms with Crippen molar-refractivity contribution in [3.05, 3.63) is 65.4 Å². The summed E-state index contributed by atoms with van der Waals surface area (Å²) in [6, 6.07) is 15.5. The quantitative estimate of drug-likeness (QED) is 0.741. The fourth-order valence-corrected chi connectivity index (χ4v) is 3.99. The smallest absolute Gasteiger partial charge is 0.249 e. The third kappa shape index (κ3) is 3.11. The molecule has 28 heavy (non-hydrogen) atoms. The van der Waals surface area contributed by atoms with Crippen molar-refractivity contribution in [3.63, 3.8) is 0 Å². The van der Waals surface area contributed by atoms with Crippen molar-refractivity contribution in [2.45, 2.75) is 26.4 Å². The highest BCUT2D eigenvalue weighted by molar-refractivity contribution is 6.01.